The van der Waals surface area contributed by atoms with Crippen LogP contribution in [0, 0.1) is 18.8 Å². The fourth-order valence-electron chi connectivity index (χ4n) is 2.17. The Morgan fingerprint density at radius 1 is 1.41 bits per heavy atom. The number of likely N-dealkylation sites (tertiary alicyclic amines) is 1. The molecule has 1 fully saturated rings. The molecular formula is C17H24ClN3S. The van der Waals surface area contributed by atoms with E-state index in [1.165, 1.54) is 38.7 Å². The van der Waals surface area contributed by atoms with Crippen molar-refractivity contribution in [3.8, 4) is 11.8 Å². The van der Waals surface area contributed by atoms with Crippen molar-refractivity contribution in [1.82, 2.24) is 9.88 Å². The van der Waals surface area contributed by atoms with Crippen molar-refractivity contribution in [2.45, 2.75) is 26.2 Å². The monoisotopic (exact) mass is 337 g/mol. The number of hydrogen-bond acceptors (Lipinski definition) is 4. The zero-order chi connectivity index (χ0) is 16.2. The average Bonchev–Trinajstić information content (AvgIpc) is 2.99. The maximum atomic E-state index is 5.61. The number of nitrogens with two attached hydrogens (primary N) is 1. The van der Waals surface area contributed by atoms with E-state index in [1.807, 2.05) is 18.4 Å². The quantitative estimate of drug-likeness (QED) is 0.521. The van der Waals surface area contributed by atoms with E-state index in [2.05, 4.69) is 39.4 Å². The van der Waals surface area contributed by atoms with E-state index in [0.717, 1.165) is 22.8 Å². The van der Waals surface area contributed by atoms with Crippen molar-refractivity contribution < 1.29 is 0 Å². The van der Waals surface area contributed by atoms with Crippen LogP contribution < -0.4 is 5.73 Å². The number of rotatable bonds is 3. The van der Waals surface area contributed by atoms with Crippen LogP contribution in [0.15, 0.2) is 29.3 Å². The van der Waals surface area contributed by atoms with Gasteiger partial charge in [0.2, 0.25) is 0 Å². The largest absolute Gasteiger partial charge is 0.404 e. The SMILES string of the molecule is CCl.Cc1nc(C#CC(/C=C\CN2CCCCC2)=C/N)cs1. The molecule has 1 aliphatic rings. The van der Waals surface area contributed by atoms with Crippen molar-refractivity contribution in [2.75, 3.05) is 26.0 Å². The van der Waals surface area contributed by atoms with Gasteiger partial charge in [-0.1, -0.05) is 18.4 Å². The second kappa shape index (κ2) is 11.3. The van der Waals surface area contributed by atoms with Crippen LogP contribution in [0.5, 0.6) is 0 Å². The van der Waals surface area contributed by atoms with Crippen LogP contribution in [-0.4, -0.2) is 35.9 Å². The summed E-state index contributed by atoms with van der Waals surface area (Å²) in [5.41, 5.74) is 7.27. The number of alkyl halides is 1. The first-order chi connectivity index (χ1) is 10.8. The van der Waals surface area contributed by atoms with Gasteiger partial charge in [0.25, 0.3) is 0 Å². The highest BCUT2D eigenvalue weighted by atomic mass is 35.5. The van der Waals surface area contributed by atoms with Crippen LogP contribution in [0.1, 0.15) is 30.0 Å². The molecule has 1 aliphatic heterocycles. The van der Waals surface area contributed by atoms with Crippen molar-refractivity contribution in [3.05, 3.63) is 40.0 Å². The molecule has 2 rings (SSSR count). The lowest BCUT2D eigenvalue weighted by atomic mass is 10.1. The van der Waals surface area contributed by atoms with Gasteiger partial charge in [-0.25, -0.2) is 4.98 Å². The zero-order valence-corrected chi connectivity index (χ0v) is 14.9. The maximum absolute atomic E-state index is 5.61. The summed E-state index contributed by atoms with van der Waals surface area (Å²) in [7, 11) is 0. The molecule has 22 heavy (non-hydrogen) atoms. The molecule has 1 aromatic heterocycles. The van der Waals surface area contributed by atoms with Gasteiger partial charge in [0.15, 0.2) is 0 Å². The number of allylic oxidation sites excluding steroid dienone is 2. The van der Waals surface area contributed by atoms with Gasteiger partial charge in [-0.15, -0.1) is 22.9 Å². The molecule has 5 heteroatoms. The number of nitrogens with zero attached hydrogens (tertiary/aromatic N) is 2. The van der Waals surface area contributed by atoms with Gasteiger partial charge in [0.1, 0.15) is 5.69 Å². The van der Waals surface area contributed by atoms with Crippen LogP contribution in [0.3, 0.4) is 0 Å². The Balaban J connectivity index is 0.00000116. The smallest absolute Gasteiger partial charge is 0.124 e. The molecule has 0 radical (unpaired) electrons. The molecule has 0 aliphatic carbocycles. The van der Waals surface area contributed by atoms with Crippen molar-refractivity contribution in [2.24, 2.45) is 5.73 Å². The zero-order valence-electron chi connectivity index (χ0n) is 13.3. The van der Waals surface area contributed by atoms with E-state index in [0.29, 0.717) is 0 Å². The fraction of sp³-hybridized carbons (Fsp3) is 0.471. The van der Waals surface area contributed by atoms with Gasteiger partial charge >= 0.3 is 0 Å². The Labute approximate surface area is 142 Å². The molecule has 120 valence electrons. The van der Waals surface area contributed by atoms with Crippen LogP contribution in [0.2, 0.25) is 0 Å². The first kappa shape index (κ1) is 18.8. The highest BCUT2D eigenvalue weighted by molar-refractivity contribution is 7.09. The van der Waals surface area contributed by atoms with E-state index in [-0.39, 0.29) is 0 Å². The summed E-state index contributed by atoms with van der Waals surface area (Å²) in [6.07, 6.45) is 11.2. The number of piperidine rings is 1. The first-order valence-corrected chi connectivity index (χ1v) is 9.04. The molecule has 0 spiro atoms. The molecule has 0 unspecified atom stereocenters. The predicted octanol–water partition coefficient (Wildman–Crippen LogP) is 3.54. The van der Waals surface area contributed by atoms with Crippen LogP contribution in [0.25, 0.3) is 0 Å². The van der Waals surface area contributed by atoms with Gasteiger partial charge in [0.05, 0.1) is 5.01 Å². The van der Waals surface area contributed by atoms with Gasteiger partial charge in [0, 0.05) is 30.1 Å². The first-order valence-electron chi connectivity index (χ1n) is 7.40. The lowest BCUT2D eigenvalue weighted by Gasteiger charge is -2.24. The van der Waals surface area contributed by atoms with E-state index in [4.69, 9.17) is 5.73 Å². The van der Waals surface area contributed by atoms with Crippen molar-refractivity contribution >= 4 is 22.9 Å². The lowest BCUT2D eigenvalue weighted by molar-refractivity contribution is 0.251. The van der Waals surface area contributed by atoms with Gasteiger partial charge in [-0.2, -0.15) is 0 Å². The number of hydrogen-bond donors (Lipinski definition) is 1. The van der Waals surface area contributed by atoms with Crippen molar-refractivity contribution in [3.63, 3.8) is 0 Å². The predicted molar refractivity (Wildman–Crippen MR) is 97.2 cm³/mol. The Kier molecular flexibility index (Phi) is 9.65. The summed E-state index contributed by atoms with van der Waals surface area (Å²) >= 11 is 6.25. The van der Waals surface area contributed by atoms with E-state index >= 15 is 0 Å². The summed E-state index contributed by atoms with van der Waals surface area (Å²) in [6, 6.07) is 0. The molecule has 0 saturated carbocycles. The summed E-state index contributed by atoms with van der Waals surface area (Å²) in [5, 5.41) is 3.00. The van der Waals surface area contributed by atoms with E-state index < -0.39 is 0 Å². The minimum atomic E-state index is 0.816. The summed E-state index contributed by atoms with van der Waals surface area (Å²) in [5.74, 6) is 6.10. The third kappa shape index (κ3) is 7.13. The molecule has 3 nitrogen and oxygen atoms in total. The Hall–Kier alpha value is -1.28. The number of halogens is 1. The van der Waals surface area contributed by atoms with Gasteiger partial charge in [-0.05, 0) is 44.9 Å². The van der Waals surface area contributed by atoms with Gasteiger partial charge in [-0.3, -0.25) is 4.90 Å². The molecule has 0 atom stereocenters. The minimum Gasteiger partial charge on any atom is -0.404 e. The Morgan fingerprint density at radius 3 is 2.73 bits per heavy atom. The number of aryl methyl sites for hydroxylation is 1. The molecule has 1 saturated heterocycles. The van der Waals surface area contributed by atoms with Gasteiger partial charge < -0.3 is 5.73 Å². The summed E-state index contributed by atoms with van der Waals surface area (Å²) < 4.78 is 0. The highest BCUT2D eigenvalue weighted by Crippen LogP contribution is 2.09. The normalized spacial score (nSPS) is 15.9. The number of aromatic nitrogens is 1. The van der Waals surface area contributed by atoms with Crippen molar-refractivity contribution in [1.29, 1.82) is 0 Å². The molecule has 2 N–H and O–H groups in total. The second-order valence-corrected chi connectivity index (χ2v) is 5.95. The lowest BCUT2D eigenvalue weighted by Crippen LogP contribution is -2.29. The summed E-state index contributed by atoms with van der Waals surface area (Å²) in [6.45, 7) is 5.37. The maximum Gasteiger partial charge on any atom is 0.124 e. The van der Waals surface area contributed by atoms with Crippen LogP contribution in [-0.2, 0) is 0 Å². The standard InChI is InChI=1S/C16H21N3S.CH3Cl/c1-14-18-16(13-20-14)8-7-15(12-17)6-5-11-19-9-3-2-4-10-19;1-2/h5-6,12-13H,2-4,9-11,17H2,1H3;1H3/b6-5-,15-12+;. The minimum absolute atomic E-state index is 0.816. The van der Waals surface area contributed by atoms with E-state index in [9.17, 15) is 0 Å². The molecule has 2 heterocycles. The number of thiazole rings is 1. The Bertz CT molecular complexity index is 546. The third-order valence-electron chi connectivity index (χ3n) is 3.24. The molecular weight excluding hydrogens is 314 g/mol. The second-order valence-electron chi connectivity index (χ2n) is 4.89. The topological polar surface area (TPSA) is 42.2 Å². The molecule has 1 aromatic rings. The Morgan fingerprint density at radius 2 is 2.14 bits per heavy atom. The average molecular weight is 338 g/mol. The molecule has 0 amide bonds. The third-order valence-corrected chi connectivity index (χ3v) is 4.02. The fourth-order valence-corrected chi connectivity index (χ4v) is 2.71. The summed E-state index contributed by atoms with van der Waals surface area (Å²) in [4.78, 5) is 6.78. The molecule has 0 aromatic carbocycles. The van der Waals surface area contributed by atoms with Crippen LogP contribution in [0.4, 0.5) is 0 Å². The molecule has 0 bridgehead atoms. The van der Waals surface area contributed by atoms with Crippen LogP contribution >= 0.6 is 22.9 Å². The highest BCUT2D eigenvalue weighted by Gasteiger charge is 2.07. The van der Waals surface area contributed by atoms with E-state index in [1.54, 1.807) is 17.5 Å².